The van der Waals surface area contributed by atoms with Crippen molar-refractivity contribution in [2.75, 3.05) is 26.4 Å². The van der Waals surface area contributed by atoms with Crippen LogP contribution in [0.25, 0.3) is 0 Å². The molecule has 14 heteroatoms. The van der Waals surface area contributed by atoms with E-state index in [2.05, 4.69) is 25.3 Å². The molecule has 8 atom stereocenters. The van der Waals surface area contributed by atoms with E-state index >= 15 is 0 Å². The van der Waals surface area contributed by atoms with Crippen LogP contribution in [0.1, 0.15) is 149 Å². The molecule has 1 aliphatic carbocycles. The molecular formula is C41H75O13P. The lowest BCUT2D eigenvalue weighted by Gasteiger charge is -2.20. The number of ether oxygens (including phenoxy) is 2. The highest BCUT2D eigenvalue weighted by molar-refractivity contribution is 7.47. The summed E-state index contributed by atoms with van der Waals surface area (Å²) in [4.78, 5) is 35.1. The number of hydrogen-bond acceptors (Lipinski definition) is 12. The molecule has 0 aliphatic heterocycles. The maximum absolute atomic E-state index is 12.7. The predicted molar refractivity (Wildman–Crippen MR) is 212 cm³/mol. The van der Waals surface area contributed by atoms with E-state index in [1.165, 1.54) is 38.5 Å². The van der Waals surface area contributed by atoms with Gasteiger partial charge in [-0.3, -0.25) is 18.6 Å². The van der Waals surface area contributed by atoms with Gasteiger partial charge in [0.25, 0.3) is 0 Å². The normalized spacial score (nSPS) is 21.6. The smallest absolute Gasteiger partial charge is 0.462 e. The summed E-state index contributed by atoms with van der Waals surface area (Å²) in [6.07, 6.45) is 19.7. The maximum atomic E-state index is 12.7. The van der Waals surface area contributed by atoms with Gasteiger partial charge in [0, 0.05) is 25.2 Å². The number of carbonyl (C=O) groups excluding carboxylic acids is 2. The quantitative estimate of drug-likeness (QED) is 0.0170. The largest absolute Gasteiger partial charge is 0.472 e. The fourth-order valence-electron chi connectivity index (χ4n) is 6.52. The Morgan fingerprint density at radius 1 is 0.782 bits per heavy atom. The van der Waals surface area contributed by atoms with Gasteiger partial charge in [0.15, 0.2) is 6.10 Å². The highest BCUT2D eigenvalue weighted by Crippen LogP contribution is 2.43. The third-order valence-electron chi connectivity index (χ3n) is 9.86. The Morgan fingerprint density at radius 2 is 1.40 bits per heavy atom. The standard InChI is InChI=1S/C41H75O13P/c1-4-5-15-21-33(43)25-26-37-36(38(45)27-39(37)46)22-17-13-14-19-24-41(48)54-35(31-53-55(49,50)52-29-34(44)28-42)30-51-40(47)23-18-12-10-8-6-7-9-11-16-20-32(2)3/h13,17,25-26,32-39,42-46H,4-12,14-16,18-24,27-31H2,1-3H3,(H,49,50)/b17-13+,26-25+/t33-,34-,35+,36+,37+,38-,39+/m0/s1. The number of phosphoric ester groups is 1. The van der Waals surface area contributed by atoms with E-state index in [0.29, 0.717) is 32.1 Å². The number of rotatable bonds is 34. The van der Waals surface area contributed by atoms with Crippen molar-refractivity contribution in [1.82, 2.24) is 0 Å². The molecule has 0 spiro atoms. The van der Waals surface area contributed by atoms with Crippen molar-refractivity contribution in [1.29, 1.82) is 0 Å². The molecule has 1 rings (SSSR count). The van der Waals surface area contributed by atoms with Crippen LogP contribution in [0.5, 0.6) is 0 Å². The summed E-state index contributed by atoms with van der Waals surface area (Å²) in [7, 11) is -4.68. The second-order valence-corrected chi connectivity index (χ2v) is 16.9. The minimum absolute atomic E-state index is 0.00869. The van der Waals surface area contributed by atoms with Crippen molar-refractivity contribution >= 4 is 19.8 Å². The average molecular weight is 807 g/mol. The van der Waals surface area contributed by atoms with Crippen LogP contribution >= 0.6 is 7.82 Å². The van der Waals surface area contributed by atoms with E-state index in [4.69, 9.17) is 19.1 Å². The van der Waals surface area contributed by atoms with Crippen molar-refractivity contribution < 1.29 is 63.1 Å². The molecule has 0 saturated heterocycles. The Kier molecular flexibility index (Phi) is 29.3. The number of aliphatic hydroxyl groups excluding tert-OH is 5. The summed E-state index contributed by atoms with van der Waals surface area (Å²) in [6.45, 7) is 4.27. The molecule has 0 bridgehead atoms. The van der Waals surface area contributed by atoms with Gasteiger partial charge in [0.2, 0.25) is 0 Å². The van der Waals surface area contributed by atoms with Gasteiger partial charge in [-0.2, -0.15) is 0 Å². The number of hydrogen-bond donors (Lipinski definition) is 6. The molecule has 1 unspecified atom stereocenters. The molecule has 0 radical (unpaired) electrons. The molecule has 1 fully saturated rings. The predicted octanol–water partition coefficient (Wildman–Crippen LogP) is 6.85. The lowest BCUT2D eigenvalue weighted by atomic mass is 9.89. The van der Waals surface area contributed by atoms with Crippen molar-refractivity contribution in [2.45, 2.75) is 180 Å². The first kappa shape index (κ1) is 51.3. The van der Waals surface area contributed by atoms with Crippen LogP contribution in [-0.2, 0) is 32.7 Å². The number of carbonyl (C=O) groups is 2. The highest BCUT2D eigenvalue weighted by Gasteiger charge is 2.39. The minimum Gasteiger partial charge on any atom is -0.462 e. The van der Waals surface area contributed by atoms with Crippen LogP contribution in [0.15, 0.2) is 24.3 Å². The Morgan fingerprint density at radius 3 is 2.05 bits per heavy atom. The van der Waals surface area contributed by atoms with Gasteiger partial charge in [-0.05, 0) is 43.9 Å². The topological polar surface area (TPSA) is 210 Å². The molecule has 1 aliphatic rings. The van der Waals surface area contributed by atoms with Crippen LogP contribution in [0.4, 0.5) is 0 Å². The van der Waals surface area contributed by atoms with Crippen LogP contribution in [0.2, 0.25) is 0 Å². The van der Waals surface area contributed by atoms with Gasteiger partial charge in [0.1, 0.15) is 12.7 Å². The summed E-state index contributed by atoms with van der Waals surface area (Å²) in [5.41, 5.74) is 0. The molecular weight excluding hydrogens is 731 g/mol. The molecule has 13 nitrogen and oxygen atoms in total. The molecule has 0 heterocycles. The lowest BCUT2D eigenvalue weighted by Crippen LogP contribution is -2.29. The molecule has 0 aromatic carbocycles. The van der Waals surface area contributed by atoms with E-state index in [1.807, 2.05) is 18.2 Å². The summed E-state index contributed by atoms with van der Waals surface area (Å²) < 4.78 is 32.6. The van der Waals surface area contributed by atoms with Crippen LogP contribution in [0, 0.1) is 17.8 Å². The van der Waals surface area contributed by atoms with Gasteiger partial charge in [-0.15, -0.1) is 0 Å². The van der Waals surface area contributed by atoms with Crippen molar-refractivity contribution in [3.05, 3.63) is 24.3 Å². The third kappa shape index (κ3) is 26.8. The fourth-order valence-corrected chi connectivity index (χ4v) is 7.31. The Balaban J connectivity index is 2.52. The van der Waals surface area contributed by atoms with Gasteiger partial charge < -0.3 is 39.9 Å². The SMILES string of the molecule is CCCCC[C@H](O)/C=C/[C@@H]1[C@@H](C/C=C/CCCC(=O)O[C@H](COC(=O)CCCCCCCCCCCC(C)C)COP(=O)(O)OC[C@@H](O)CO)[C@@H](O)C[C@H]1O. The number of phosphoric acid groups is 1. The molecule has 55 heavy (non-hydrogen) atoms. The zero-order valence-corrected chi connectivity index (χ0v) is 34.8. The molecule has 0 amide bonds. The van der Waals surface area contributed by atoms with E-state index in [0.717, 1.165) is 44.4 Å². The summed E-state index contributed by atoms with van der Waals surface area (Å²) in [5.74, 6) is -0.815. The van der Waals surface area contributed by atoms with Crippen LogP contribution in [-0.4, -0.2) is 99.3 Å². The van der Waals surface area contributed by atoms with E-state index in [1.54, 1.807) is 6.08 Å². The monoisotopic (exact) mass is 806 g/mol. The molecule has 0 aromatic heterocycles. The molecule has 1 saturated carbocycles. The van der Waals surface area contributed by atoms with Crippen molar-refractivity contribution in [3.8, 4) is 0 Å². The third-order valence-corrected chi connectivity index (χ3v) is 10.8. The van der Waals surface area contributed by atoms with Crippen LogP contribution < -0.4 is 0 Å². The first-order valence-electron chi connectivity index (χ1n) is 20.9. The molecule has 0 aromatic rings. The zero-order chi connectivity index (χ0) is 40.9. The van der Waals surface area contributed by atoms with E-state index < -0.39 is 70.1 Å². The van der Waals surface area contributed by atoms with Crippen molar-refractivity contribution in [3.63, 3.8) is 0 Å². The fraction of sp³-hybridized carbons (Fsp3) is 0.854. The van der Waals surface area contributed by atoms with Gasteiger partial charge >= 0.3 is 19.8 Å². The first-order valence-corrected chi connectivity index (χ1v) is 22.4. The highest BCUT2D eigenvalue weighted by atomic mass is 31.2. The van der Waals surface area contributed by atoms with E-state index in [9.17, 15) is 39.5 Å². The van der Waals surface area contributed by atoms with Gasteiger partial charge in [0.05, 0.1) is 38.1 Å². The van der Waals surface area contributed by atoms with E-state index in [-0.39, 0.29) is 37.7 Å². The molecule has 322 valence electrons. The number of esters is 2. The summed E-state index contributed by atoms with van der Waals surface area (Å²) in [5, 5.41) is 49.6. The Hall–Kier alpha value is -1.67. The average Bonchev–Trinajstić information content (AvgIpc) is 3.41. The Bertz CT molecular complexity index is 1100. The maximum Gasteiger partial charge on any atom is 0.472 e. The van der Waals surface area contributed by atoms with Crippen molar-refractivity contribution in [2.24, 2.45) is 17.8 Å². The summed E-state index contributed by atoms with van der Waals surface area (Å²) >= 11 is 0. The lowest BCUT2D eigenvalue weighted by molar-refractivity contribution is -0.161. The van der Waals surface area contributed by atoms with Gasteiger partial charge in [-0.25, -0.2) is 4.57 Å². The van der Waals surface area contributed by atoms with Crippen LogP contribution in [0.3, 0.4) is 0 Å². The number of aliphatic hydroxyl groups is 5. The minimum atomic E-state index is -4.68. The second kappa shape index (κ2) is 31.3. The number of unbranched alkanes of at least 4 members (excludes halogenated alkanes) is 11. The molecule has 6 N–H and O–H groups in total. The van der Waals surface area contributed by atoms with Gasteiger partial charge in [-0.1, -0.05) is 122 Å². The first-order chi connectivity index (χ1) is 26.3. The Labute approximate surface area is 330 Å². The number of allylic oxidation sites excluding steroid dienone is 2. The summed E-state index contributed by atoms with van der Waals surface area (Å²) in [6, 6.07) is 0. The second-order valence-electron chi connectivity index (χ2n) is 15.5. The zero-order valence-electron chi connectivity index (χ0n) is 33.9.